The van der Waals surface area contributed by atoms with E-state index in [-0.39, 0.29) is 0 Å². The number of aromatic nitrogens is 2. The van der Waals surface area contributed by atoms with E-state index in [2.05, 4.69) is 42.1 Å². The number of benzene rings is 1. The second kappa shape index (κ2) is 5.49. The molecule has 1 heterocycles. The van der Waals surface area contributed by atoms with Crippen molar-refractivity contribution < 1.29 is 4.74 Å². The normalized spacial score (nSPS) is 10.5. The zero-order valence-electron chi connectivity index (χ0n) is 13.0. The molecule has 0 aliphatic heterocycles. The van der Waals surface area contributed by atoms with Gasteiger partial charge in [0.05, 0.1) is 5.56 Å². The summed E-state index contributed by atoms with van der Waals surface area (Å²) >= 11 is 0. The summed E-state index contributed by atoms with van der Waals surface area (Å²) in [6.45, 7) is 10.0. The minimum Gasteiger partial charge on any atom is -0.438 e. The first kappa shape index (κ1) is 14.3. The lowest BCUT2D eigenvalue weighted by atomic mass is 10.1. The molecule has 0 fully saturated rings. The molecule has 2 rings (SSSR count). The molecule has 0 spiro atoms. The average Bonchev–Trinajstić information content (AvgIpc) is 2.39. The van der Waals surface area contributed by atoms with E-state index < -0.39 is 0 Å². The van der Waals surface area contributed by atoms with Gasteiger partial charge in [0.25, 0.3) is 0 Å². The maximum Gasteiger partial charge on any atom is 0.227 e. The molecule has 0 radical (unpaired) electrons. The van der Waals surface area contributed by atoms with Crippen LogP contribution in [0.2, 0.25) is 0 Å². The van der Waals surface area contributed by atoms with Gasteiger partial charge in [-0.3, -0.25) is 0 Å². The first-order chi connectivity index (χ1) is 9.42. The van der Waals surface area contributed by atoms with Crippen molar-refractivity contribution in [1.29, 1.82) is 0 Å². The zero-order valence-corrected chi connectivity index (χ0v) is 13.0. The van der Waals surface area contributed by atoms with E-state index in [1.54, 1.807) is 0 Å². The molecule has 0 bridgehead atoms. The summed E-state index contributed by atoms with van der Waals surface area (Å²) in [5, 5.41) is 3.07. The van der Waals surface area contributed by atoms with E-state index in [0.29, 0.717) is 11.7 Å². The molecule has 2 aromatic rings. The van der Waals surface area contributed by atoms with E-state index in [1.807, 2.05) is 27.0 Å². The van der Waals surface area contributed by atoms with E-state index in [4.69, 9.17) is 4.74 Å². The molecule has 0 atom stereocenters. The molecular weight excluding hydrogens is 250 g/mol. The first-order valence-electron chi connectivity index (χ1n) is 6.71. The summed E-state index contributed by atoms with van der Waals surface area (Å²) in [5.74, 6) is 2.95. The van der Waals surface area contributed by atoms with Gasteiger partial charge in [0.1, 0.15) is 17.4 Å². The van der Waals surface area contributed by atoms with Crippen molar-refractivity contribution in [2.24, 2.45) is 0 Å². The Labute approximate surface area is 120 Å². The molecule has 0 amide bonds. The van der Waals surface area contributed by atoms with Crippen molar-refractivity contribution in [3.8, 4) is 11.6 Å². The highest BCUT2D eigenvalue weighted by Crippen LogP contribution is 2.31. The van der Waals surface area contributed by atoms with Crippen molar-refractivity contribution in [2.75, 3.05) is 12.4 Å². The topological polar surface area (TPSA) is 47.0 Å². The molecule has 0 unspecified atom stereocenters. The smallest absolute Gasteiger partial charge is 0.227 e. The Morgan fingerprint density at radius 3 is 2.30 bits per heavy atom. The second-order valence-corrected chi connectivity index (χ2v) is 5.11. The largest absolute Gasteiger partial charge is 0.438 e. The predicted molar refractivity (Wildman–Crippen MR) is 81.8 cm³/mol. The number of hydrogen-bond acceptors (Lipinski definition) is 4. The zero-order chi connectivity index (χ0) is 14.9. The summed E-state index contributed by atoms with van der Waals surface area (Å²) in [7, 11) is 1.85. The van der Waals surface area contributed by atoms with Crippen LogP contribution in [0.1, 0.15) is 28.1 Å². The minimum atomic E-state index is 0.606. The van der Waals surface area contributed by atoms with Gasteiger partial charge in [-0.05, 0) is 57.4 Å². The predicted octanol–water partition coefficient (Wildman–Crippen LogP) is 3.85. The molecule has 0 aliphatic carbocycles. The van der Waals surface area contributed by atoms with Crippen molar-refractivity contribution in [3.05, 3.63) is 40.2 Å². The Balaban J connectivity index is 2.47. The van der Waals surface area contributed by atoms with Crippen LogP contribution in [-0.4, -0.2) is 17.0 Å². The van der Waals surface area contributed by atoms with Gasteiger partial charge in [-0.25, -0.2) is 4.98 Å². The molecule has 20 heavy (non-hydrogen) atoms. The van der Waals surface area contributed by atoms with Crippen LogP contribution in [0.4, 0.5) is 5.82 Å². The maximum absolute atomic E-state index is 6.03. The van der Waals surface area contributed by atoms with Gasteiger partial charge in [-0.2, -0.15) is 4.98 Å². The van der Waals surface area contributed by atoms with Crippen LogP contribution in [0, 0.1) is 34.6 Å². The standard InChI is InChI=1S/C16H21N3O/c1-9-7-10(2)11(3)14(8-9)20-16-12(4)15(17-6)18-13(5)19-16/h7-8H,1-6H3,(H,17,18,19). The van der Waals surface area contributed by atoms with Gasteiger partial charge in [0, 0.05) is 7.05 Å². The molecule has 1 aromatic carbocycles. The van der Waals surface area contributed by atoms with Crippen LogP contribution in [0.3, 0.4) is 0 Å². The number of anilines is 1. The fourth-order valence-corrected chi connectivity index (χ4v) is 2.16. The van der Waals surface area contributed by atoms with E-state index in [9.17, 15) is 0 Å². The number of rotatable bonds is 3. The fourth-order valence-electron chi connectivity index (χ4n) is 2.16. The molecular formula is C16H21N3O. The van der Waals surface area contributed by atoms with E-state index >= 15 is 0 Å². The number of nitrogens with zero attached hydrogens (tertiary/aromatic N) is 2. The Bertz CT molecular complexity index is 651. The van der Waals surface area contributed by atoms with Crippen LogP contribution in [0.5, 0.6) is 11.6 Å². The molecule has 4 nitrogen and oxygen atoms in total. The first-order valence-corrected chi connectivity index (χ1v) is 6.71. The average molecular weight is 271 g/mol. The number of hydrogen-bond donors (Lipinski definition) is 1. The SMILES string of the molecule is CNc1nc(C)nc(Oc2cc(C)cc(C)c2C)c1C. The highest BCUT2D eigenvalue weighted by molar-refractivity contribution is 5.50. The Hall–Kier alpha value is -2.10. The molecule has 0 aliphatic rings. The quantitative estimate of drug-likeness (QED) is 0.921. The van der Waals surface area contributed by atoms with Crippen LogP contribution in [-0.2, 0) is 0 Å². The van der Waals surface area contributed by atoms with Crippen LogP contribution in [0.15, 0.2) is 12.1 Å². The summed E-state index contributed by atoms with van der Waals surface area (Å²) < 4.78 is 6.03. The van der Waals surface area contributed by atoms with E-state index in [0.717, 1.165) is 22.7 Å². The number of aryl methyl sites for hydroxylation is 3. The molecule has 1 N–H and O–H groups in total. The highest BCUT2D eigenvalue weighted by Gasteiger charge is 2.12. The molecule has 1 aromatic heterocycles. The third-order valence-electron chi connectivity index (χ3n) is 3.42. The highest BCUT2D eigenvalue weighted by atomic mass is 16.5. The summed E-state index contributed by atoms with van der Waals surface area (Å²) in [6.07, 6.45) is 0. The van der Waals surface area contributed by atoms with Gasteiger partial charge in [0.15, 0.2) is 0 Å². The number of nitrogens with one attached hydrogen (secondary N) is 1. The van der Waals surface area contributed by atoms with Crippen molar-refractivity contribution in [3.63, 3.8) is 0 Å². The Morgan fingerprint density at radius 1 is 0.950 bits per heavy atom. The van der Waals surface area contributed by atoms with Gasteiger partial charge >= 0.3 is 0 Å². The second-order valence-electron chi connectivity index (χ2n) is 5.11. The van der Waals surface area contributed by atoms with Crippen molar-refractivity contribution in [1.82, 2.24) is 9.97 Å². The Kier molecular flexibility index (Phi) is 3.93. The lowest BCUT2D eigenvalue weighted by Gasteiger charge is -2.14. The minimum absolute atomic E-state index is 0.606. The van der Waals surface area contributed by atoms with Crippen LogP contribution in [0.25, 0.3) is 0 Å². The third kappa shape index (κ3) is 2.74. The lowest BCUT2D eigenvalue weighted by molar-refractivity contribution is 0.452. The van der Waals surface area contributed by atoms with Crippen LogP contribution >= 0.6 is 0 Å². The molecule has 0 saturated heterocycles. The number of ether oxygens (including phenoxy) is 1. The Morgan fingerprint density at radius 2 is 1.65 bits per heavy atom. The molecule has 4 heteroatoms. The third-order valence-corrected chi connectivity index (χ3v) is 3.42. The van der Waals surface area contributed by atoms with Crippen molar-refractivity contribution in [2.45, 2.75) is 34.6 Å². The lowest BCUT2D eigenvalue weighted by Crippen LogP contribution is -2.03. The van der Waals surface area contributed by atoms with E-state index in [1.165, 1.54) is 11.1 Å². The summed E-state index contributed by atoms with van der Waals surface area (Å²) in [4.78, 5) is 8.75. The molecule has 106 valence electrons. The van der Waals surface area contributed by atoms with Gasteiger partial charge in [-0.1, -0.05) is 6.07 Å². The summed E-state index contributed by atoms with van der Waals surface area (Å²) in [5.41, 5.74) is 4.45. The van der Waals surface area contributed by atoms with Gasteiger partial charge in [0.2, 0.25) is 5.88 Å². The van der Waals surface area contributed by atoms with Gasteiger partial charge in [-0.15, -0.1) is 0 Å². The monoisotopic (exact) mass is 271 g/mol. The van der Waals surface area contributed by atoms with Crippen molar-refractivity contribution >= 4 is 5.82 Å². The summed E-state index contributed by atoms with van der Waals surface area (Å²) in [6, 6.07) is 4.19. The molecule has 0 saturated carbocycles. The van der Waals surface area contributed by atoms with Gasteiger partial charge < -0.3 is 10.1 Å². The fraction of sp³-hybridized carbons (Fsp3) is 0.375. The van der Waals surface area contributed by atoms with Crippen LogP contribution < -0.4 is 10.1 Å². The maximum atomic E-state index is 6.03.